The summed E-state index contributed by atoms with van der Waals surface area (Å²) in [7, 11) is 0. The minimum absolute atomic E-state index is 0.0775. The van der Waals surface area contributed by atoms with Crippen molar-refractivity contribution in [2.75, 3.05) is 13.1 Å². The van der Waals surface area contributed by atoms with Gasteiger partial charge < -0.3 is 9.64 Å². The van der Waals surface area contributed by atoms with Crippen LogP contribution >= 0.6 is 11.6 Å². The molecule has 2 heterocycles. The van der Waals surface area contributed by atoms with Crippen LogP contribution in [0, 0.1) is 17.1 Å². The first-order valence-electron chi connectivity index (χ1n) is 7.70. The average Bonchev–Trinajstić information content (AvgIpc) is 2.62. The number of rotatable bonds is 3. The Morgan fingerprint density at radius 3 is 2.96 bits per heavy atom. The number of aromatic nitrogens is 2. The topological polar surface area (TPSA) is 79.1 Å². The molecule has 1 saturated heterocycles. The molecule has 0 radical (unpaired) electrons. The molecule has 1 unspecified atom stereocenters. The van der Waals surface area contributed by atoms with Gasteiger partial charge in [0.25, 0.3) is 11.8 Å². The van der Waals surface area contributed by atoms with Gasteiger partial charge in [-0.25, -0.2) is 14.4 Å². The van der Waals surface area contributed by atoms with Crippen LogP contribution in [0.1, 0.15) is 28.9 Å². The lowest BCUT2D eigenvalue weighted by Gasteiger charge is -2.32. The third-order valence-electron chi connectivity index (χ3n) is 3.88. The van der Waals surface area contributed by atoms with Crippen LogP contribution in [-0.4, -0.2) is 40.0 Å². The van der Waals surface area contributed by atoms with Gasteiger partial charge in [0.15, 0.2) is 0 Å². The Morgan fingerprint density at radius 1 is 1.40 bits per heavy atom. The molecule has 1 aliphatic rings. The van der Waals surface area contributed by atoms with E-state index in [0.29, 0.717) is 13.1 Å². The maximum absolute atomic E-state index is 13.2. The third kappa shape index (κ3) is 3.86. The van der Waals surface area contributed by atoms with E-state index in [1.165, 1.54) is 24.5 Å². The Labute approximate surface area is 148 Å². The van der Waals surface area contributed by atoms with Crippen LogP contribution in [0.15, 0.2) is 30.6 Å². The second-order valence-electron chi connectivity index (χ2n) is 5.58. The molecule has 0 spiro atoms. The minimum atomic E-state index is -0.493. The highest BCUT2D eigenvalue weighted by Gasteiger charge is 2.27. The normalized spacial score (nSPS) is 17.0. The fraction of sp³-hybridized carbons (Fsp3) is 0.294. The first-order chi connectivity index (χ1) is 12.1. The highest BCUT2D eigenvalue weighted by molar-refractivity contribution is 6.33. The van der Waals surface area contributed by atoms with Gasteiger partial charge in [-0.3, -0.25) is 4.79 Å². The molecule has 8 heteroatoms. The van der Waals surface area contributed by atoms with E-state index in [-0.39, 0.29) is 34.2 Å². The molecule has 1 aromatic heterocycles. The molecule has 1 aromatic carbocycles. The molecule has 2 aromatic rings. The van der Waals surface area contributed by atoms with Crippen LogP contribution < -0.4 is 4.74 Å². The van der Waals surface area contributed by atoms with Crippen molar-refractivity contribution in [2.45, 2.75) is 18.9 Å². The summed E-state index contributed by atoms with van der Waals surface area (Å²) in [6, 6.07) is 5.62. The molecule has 25 heavy (non-hydrogen) atoms. The van der Waals surface area contributed by atoms with Crippen LogP contribution in [0.4, 0.5) is 4.39 Å². The number of nitrogens with zero attached hydrogens (tertiary/aromatic N) is 4. The molecule has 128 valence electrons. The maximum atomic E-state index is 13.2. The Balaban J connectivity index is 1.73. The molecule has 6 nitrogen and oxygen atoms in total. The molecule has 0 aliphatic carbocycles. The predicted octanol–water partition coefficient (Wildman–Crippen LogP) is 2.82. The fourth-order valence-corrected chi connectivity index (χ4v) is 2.95. The van der Waals surface area contributed by atoms with Gasteiger partial charge in [-0.15, -0.1) is 0 Å². The summed E-state index contributed by atoms with van der Waals surface area (Å²) in [6.45, 7) is 0.881. The van der Waals surface area contributed by atoms with Gasteiger partial charge in [0.2, 0.25) is 5.69 Å². The second-order valence-corrected chi connectivity index (χ2v) is 5.99. The summed E-state index contributed by atoms with van der Waals surface area (Å²) >= 11 is 5.98. The van der Waals surface area contributed by atoms with E-state index in [2.05, 4.69) is 9.97 Å². The number of halogens is 2. The Kier molecular flexibility index (Phi) is 5.10. The number of ether oxygens (including phenoxy) is 1. The van der Waals surface area contributed by atoms with Gasteiger partial charge in [0.05, 0.1) is 17.1 Å². The molecule has 0 bridgehead atoms. The van der Waals surface area contributed by atoms with Crippen LogP contribution in [0.5, 0.6) is 5.88 Å². The van der Waals surface area contributed by atoms with Crippen molar-refractivity contribution in [3.05, 3.63) is 52.7 Å². The monoisotopic (exact) mass is 360 g/mol. The van der Waals surface area contributed by atoms with Crippen LogP contribution in [0.3, 0.4) is 0 Å². The van der Waals surface area contributed by atoms with E-state index in [9.17, 15) is 9.18 Å². The van der Waals surface area contributed by atoms with E-state index in [1.54, 1.807) is 4.90 Å². The number of nitriles is 1. The van der Waals surface area contributed by atoms with E-state index in [1.807, 2.05) is 6.07 Å². The highest BCUT2D eigenvalue weighted by Crippen LogP contribution is 2.23. The van der Waals surface area contributed by atoms with E-state index in [4.69, 9.17) is 21.6 Å². The van der Waals surface area contributed by atoms with Crippen molar-refractivity contribution in [3.63, 3.8) is 0 Å². The number of carbonyl (C=O) groups is 1. The molecular weight excluding hydrogens is 347 g/mol. The zero-order valence-electron chi connectivity index (χ0n) is 13.2. The molecule has 0 saturated carbocycles. The second kappa shape index (κ2) is 7.45. The standard InChI is InChI=1S/C17H14ClFN4O2/c18-14-8-11(19)3-4-13(14)17(24)23-7-1-2-12(10-23)25-16-15(9-20)21-5-6-22-16/h3-6,8,12H,1-2,7,10H2. The number of likely N-dealkylation sites (tertiary alicyclic amines) is 1. The van der Waals surface area contributed by atoms with Gasteiger partial charge >= 0.3 is 0 Å². The Morgan fingerprint density at radius 2 is 2.20 bits per heavy atom. The van der Waals surface area contributed by atoms with Crippen LogP contribution in [-0.2, 0) is 0 Å². The number of piperidine rings is 1. The SMILES string of the molecule is N#Cc1nccnc1OC1CCCN(C(=O)c2ccc(F)cc2Cl)C1. The summed E-state index contributed by atoms with van der Waals surface area (Å²) < 4.78 is 18.9. The van der Waals surface area contributed by atoms with Crippen LogP contribution in [0.25, 0.3) is 0 Å². The molecule has 1 amide bonds. The zero-order valence-corrected chi connectivity index (χ0v) is 13.9. The van der Waals surface area contributed by atoms with Crippen molar-refractivity contribution in [2.24, 2.45) is 0 Å². The molecule has 0 N–H and O–H groups in total. The fourth-order valence-electron chi connectivity index (χ4n) is 2.70. The summed E-state index contributed by atoms with van der Waals surface area (Å²) in [5.74, 6) is -0.616. The molecule has 1 fully saturated rings. The predicted molar refractivity (Wildman–Crippen MR) is 87.7 cm³/mol. The number of amides is 1. The van der Waals surface area contributed by atoms with Crippen molar-refractivity contribution in [3.8, 4) is 11.9 Å². The quantitative estimate of drug-likeness (QED) is 0.840. The molecule has 1 atom stereocenters. The molecule has 1 aliphatic heterocycles. The highest BCUT2D eigenvalue weighted by atomic mass is 35.5. The zero-order chi connectivity index (χ0) is 17.8. The van der Waals surface area contributed by atoms with Crippen LogP contribution in [0.2, 0.25) is 5.02 Å². The maximum Gasteiger partial charge on any atom is 0.255 e. The Bertz CT molecular complexity index is 840. The summed E-state index contributed by atoms with van der Waals surface area (Å²) in [5, 5.41) is 9.12. The van der Waals surface area contributed by atoms with E-state index in [0.717, 1.165) is 18.9 Å². The third-order valence-corrected chi connectivity index (χ3v) is 4.19. The summed E-state index contributed by atoms with van der Waals surface area (Å²) in [4.78, 5) is 22.2. The van der Waals surface area contributed by atoms with Gasteiger partial charge in [-0.2, -0.15) is 5.26 Å². The number of benzene rings is 1. The van der Waals surface area contributed by atoms with Crippen molar-refractivity contribution in [1.82, 2.24) is 14.9 Å². The smallest absolute Gasteiger partial charge is 0.255 e. The molecular formula is C17H14ClFN4O2. The van der Waals surface area contributed by atoms with Crippen molar-refractivity contribution >= 4 is 17.5 Å². The summed E-state index contributed by atoms with van der Waals surface area (Å²) in [6.07, 6.45) is 4.01. The number of carbonyl (C=O) groups excluding carboxylic acids is 1. The van der Waals surface area contributed by atoms with Crippen molar-refractivity contribution < 1.29 is 13.9 Å². The van der Waals surface area contributed by atoms with Crippen molar-refractivity contribution in [1.29, 1.82) is 5.26 Å². The summed E-state index contributed by atoms with van der Waals surface area (Å²) in [5.41, 5.74) is 0.355. The van der Waals surface area contributed by atoms with Gasteiger partial charge in [0.1, 0.15) is 18.0 Å². The number of hydrogen-bond donors (Lipinski definition) is 0. The van der Waals surface area contributed by atoms with E-state index >= 15 is 0 Å². The first-order valence-corrected chi connectivity index (χ1v) is 8.08. The minimum Gasteiger partial charge on any atom is -0.470 e. The Hall–Kier alpha value is -2.72. The molecule has 3 rings (SSSR count). The lowest BCUT2D eigenvalue weighted by molar-refractivity contribution is 0.0526. The lowest BCUT2D eigenvalue weighted by atomic mass is 10.1. The first kappa shape index (κ1) is 17.1. The largest absolute Gasteiger partial charge is 0.470 e. The number of hydrogen-bond acceptors (Lipinski definition) is 5. The van der Waals surface area contributed by atoms with Gasteiger partial charge in [-0.05, 0) is 31.0 Å². The van der Waals surface area contributed by atoms with Gasteiger partial charge in [-0.1, -0.05) is 11.6 Å². The van der Waals surface area contributed by atoms with E-state index < -0.39 is 5.82 Å². The lowest BCUT2D eigenvalue weighted by Crippen LogP contribution is -2.44. The average molecular weight is 361 g/mol. The van der Waals surface area contributed by atoms with Gasteiger partial charge in [0, 0.05) is 18.9 Å².